The minimum absolute atomic E-state index is 0.0865. The van der Waals surface area contributed by atoms with Gasteiger partial charge in [0.1, 0.15) is 10.6 Å². The molecule has 28 heavy (non-hydrogen) atoms. The Kier molecular flexibility index (Phi) is 5.34. The predicted octanol–water partition coefficient (Wildman–Crippen LogP) is 1.16. The minimum atomic E-state index is -4.12. The van der Waals surface area contributed by atoms with Crippen molar-refractivity contribution in [2.45, 2.75) is 16.3 Å². The smallest absolute Gasteiger partial charge is 0.266 e. The standard InChI is InChI=1S/C16H15BrN4O5S2/c17-10-3-6-13-12(7-10)15(14(21-13)16(18)22)28(25,26)20-8-9-1-4-11(5-2-9)27(19,23)24/h1-7,20-21H,8H2,(H2,18,22)(H2,19,23,24). The molecule has 0 bridgehead atoms. The zero-order valence-corrected chi connectivity index (χ0v) is 17.4. The van der Waals surface area contributed by atoms with E-state index in [1.54, 1.807) is 18.2 Å². The summed E-state index contributed by atoms with van der Waals surface area (Å²) in [5.41, 5.74) is 6.04. The van der Waals surface area contributed by atoms with E-state index in [0.29, 0.717) is 20.9 Å². The number of aromatic amines is 1. The lowest BCUT2D eigenvalue weighted by Gasteiger charge is -2.08. The van der Waals surface area contributed by atoms with Gasteiger partial charge in [-0.25, -0.2) is 26.7 Å². The maximum atomic E-state index is 12.9. The lowest BCUT2D eigenvalue weighted by atomic mass is 10.2. The summed E-state index contributed by atoms with van der Waals surface area (Å²) in [6.07, 6.45) is 0. The first-order valence-corrected chi connectivity index (χ1v) is 11.5. The predicted molar refractivity (Wildman–Crippen MR) is 106 cm³/mol. The van der Waals surface area contributed by atoms with Gasteiger partial charge in [-0.2, -0.15) is 0 Å². The molecule has 148 valence electrons. The van der Waals surface area contributed by atoms with Crippen molar-refractivity contribution in [3.8, 4) is 0 Å². The van der Waals surface area contributed by atoms with Gasteiger partial charge in [-0.3, -0.25) is 4.79 Å². The topological polar surface area (TPSA) is 165 Å². The van der Waals surface area contributed by atoms with Gasteiger partial charge in [-0.1, -0.05) is 28.1 Å². The highest BCUT2D eigenvalue weighted by Gasteiger charge is 2.27. The van der Waals surface area contributed by atoms with E-state index in [4.69, 9.17) is 10.9 Å². The van der Waals surface area contributed by atoms with Crippen LogP contribution in [0.2, 0.25) is 0 Å². The average Bonchev–Trinajstić information content (AvgIpc) is 2.99. The summed E-state index contributed by atoms with van der Waals surface area (Å²) < 4.78 is 51.3. The monoisotopic (exact) mass is 486 g/mol. The first-order chi connectivity index (χ1) is 13.0. The Hall–Kier alpha value is -2.25. The van der Waals surface area contributed by atoms with Crippen molar-refractivity contribution in [1.82, 2.24) is 9.71 Å². The van der Waals surface area contributed by atoms with Crippen LogP contribution in [0.25, 0.3) is 10.9 Å². The average molecular weight is 487 g/mol. The minimum Gasteiger partial charge on any atom is -0.364 e. The van der Waals surface area contributed by atoms with E-state index < -0.39 is 26.0 Å². The SMILES string of the molecule is NC(=O)c1[nH]c2ccc(Br)cc2c1S(=O)(=O)NCc1ccc(S(N)(=O)=O)cc1. The molecule has 12 heteroatoms. The highest BCUT2D eigenvalue weighted by atomic mass is 79.9. The fourth-order valence-electron chi connectivity index (χ4n) is 2.64. The number of hydrogen-bond donors (Lipinski definition) is 4. The van der Waals surface area contributed by atoms with Crippen LogP contribution >= 0.6 is 15.9 Å². The van der Waals surface area contributed by atoms with Crippen molar-refractivity contribution in [3.05, 3.63) is 58.2 Å². The van der Waals surface area contributed by atoms with Crippen LogP contribution < -0.4 is 15.6 Å². The van der Waals surface area contributed by atoms with E-state index in [2.05, 4.69) is 25.6 Å². The summed E-state index contributed by atoms with van der Waals surface area (Å²) in [6, 6.07) is 10.3. The third kappa shape index (κ3) is 4.10. The third-order valence-corrected chi connectivity index (χ3v) is 6.85. The lowest BCUT2D eigenvalue weighted by molar-refractivity contribution is 0.0993. The normalized spacial score (nSPS) is 12.4. The van der Waals surface area contributed by atoms with Gasteiger partial charge >= 0.3 is 0 Å². The van der Waals surface area contributed by atoms with Crippen LogP contribution in [0.3, 0.4) is 0 Å². The van der Waals surface area contributed by atoms with E-state index >= 15 is 0 Å². The summed E-state index contributed by atoms with van der Waals surface area (Å²) in [4.78, 5) is 14.1. The van der Waals surface area contributed by atoms with Crippen molar-refractivity contribution in [1.29, 1.82) is 0 Å². The molecule has 1 aromatic heterocycles. The summed E-state index contributed by atoms with van der Waals surface area (Å²) in [6.45, 7) is -0.133. The number of sulfonamides is 2. The van der Waals surface area contributed by atoms with Crippen LogP contribution in [0, 0.1) is 0 Å². The second kappa shape index (κ2) is 7.29. The second-order valence-electron chi connectivity index (χ2n) is 5.90. The Morgan fingerprint density at radius 1 is 1.07 bits per heavy atom. The van der Waals surface area contributed by atoms with Gasteiger partial charge in [0.05, 0.1) is 4.90 Å². The molecule has 0 radical (unpaired) electrons. The van der Waals surface area contributed by atoms with Gasteiger partial charge in [0.2, 0.25) is 20.0 Å². The van der Waals surface area contributed by atoms with Crippen molar-refractivity contribution in [2.24, 2.45) is 10.9 Å². The molecule has 2 aromatic carbocycles. The van der Waals surface area contributed by atoms with Gasteiger partial charge in [0, 0.05) is 21.9 Å². The van der Waals surface area contributed by atoms with Crippen LogP contribution in [0.5, 0.6) is 0 Å². The molecule has 0 spiro atoms. The van der Waals surface area contributed by atoms with Crippen molar-refractivity contribution in [2.75, 3.05) is 0 Å². The molecule has 3 rings (SSSR count). The van der Waals surface area contributed by atoms with Crippen molar-refractivity contribution >= 4 is 52.8 Å². The number of carbonyl (C=O) groups excluding carboxylic acids is 1. The molecule has 1 heterocycles. The van der Waals surface area contributed by atoms with Gasteiger partial charge in [0.15, 0.2) is 0 Å². The largest absolute Gasteiger partial charge is 0.364 e. The Morgan fingerprint density at radius 2 is 1.71 bits per heavy atom. The van der Waals surface area contributed by atoms with Gasteiger partial charge < -0.3 is 10.7 Å². The van der Waals surface area contributed by atoms with Crippen LogP contribution in [-0.2, 0) is 26.6 Å². The molecule has 0 aliphatic carbocycles. The first kappa shape index (κ1) is 20.5. The summed E-state index contributed by atoms with van der Waals surface area (Å²) in [5.74, 6) is -0.912. The molecule has 6 N–H and O–H groups in total. The number of H-pyrrole nitrogens is 1. The molecule has 0 atom stereocenters. The highest BCUT2D eigenvalue weighted by Crippen LogP contribution is 2.29. The molecule has 3 aromatic rings. The second-order valence-corrected chi connectivity index (χ2v) is 10.1. The number of primary amides is 1. The lowest BCUT2D eigenvalue weighted by Crippen LogP contribution is -2.26. The summed E-state index contributed by atoms with van der Waals surface area (Å²) in [5, 5.41) is 5.34. The molecular weight excluding hydrogens is 472 g/mol. The Labute approximate surface area is 169 Å². The fraction of sp³-hybridized carbons (Fsp3) is 0.0625. The van der Waals surface area contributed by atoms with Crippen LogP contribution in [0.15, 0.2) is 56.7 Å². The number of carbonyl (C=O) groups is 1. The molecule has 0 fully saturated rings. The number of primary sulfonamides is 1. The van der Waals surface area contributed by atoms with Crippen molar-refractivity contribution < 1.29 is 21.6 Å². The molecule has 0 saturated carbocycles. The Morgan fingerprint density at radius 3 is 2.29 bits per heavy atom. The molecule has 1 amide bonds. The third-order valence-electron chi connectivity index (χ3n) is 3.95. The highest BCUT2D eigenvalue weighted by molar-refractivity contribution is 9.10. The summed E-state index contributed by atoms with van der Waals surface area (Å²) in [7, 11) is -7.96. The van der Waals surface area contributed by atoms with E-state index in [0.717, 1.165) is 0 Å². The van der Waals surface area contributed by atoms with E-state index in [9.17, 15) is 21.6 Å². The number of fused-ring (bicyclic) bond motifs is 1. The van der Waals surface area contributed by atoms with Crippen LogP contribution in [-0.4, -0.2) is 27.7 Å². The van der Waals surface area contributed by atoms with Gasteiger partial charge in [-0.15, -0.1) is 0 Å². The zero-order chi connectivity index (χ0) is 20.7. The molecule has 0 unspecified atom stereocenters. The number of aromatic nitrogens is 1. The molecular formula is C16H15BrN4O5S2. The Balaban J connectivity index is 1.96. The van der Waals surface area contributed by atoms with E-state index in [-0.39, 0.29) is 22.0 Å². The number of hydrogen-bond acceptors (Lipinski definition) is 5. The van der Waals surface area contributed by atoms with Gasteiger partial charge in [-0.05, 0) is 35.9 Å². The maximum Gasteiger partial charge on any atom is 0.266 e. The molecule has 0 aliphatic heterocycles. The Bertz CT molecular complexity index is 1280. The molecule has 0 aliphatic rings. The number of amides is 1. The quantitative estimate of drug-likeness (QED) is 0.409. The van der Waals surface area contributed by atoms with Crippen molar-refractivity contribution in [3.63, 3.8) is 0 Å². The van der Waals surface area contributed by atoms with Gasteiger partial charge in [0.25, 0.3) is 5.91 Å². The maximum absolute atomic E-state index is 12.9. The number of nitrogens with one attached hydrogen (secondary N) is 2. The number of rotatable bonds is 6. The van der Waals surface area contributed by atoms with E-state index in [1.165, 1.54) is 24.3 Å². The number of nitrogens with two attached hydrogens (primary N) is 2. The number of benzene rings is 2. The van der Waals surface area contributed by atoms with Crippen LogP contribution in [0.1, 0.15) is 16.1 Å². The fourth-order valence-corrected chi connectivity index (χ4v) is 4.90. The van der Waals surface area contributed by atoms with E-state index in [1.807, 2.05) is 0 Å². The zero-order valence-electron chi connectivity index (χ0n) is 14.1. The molecule has 9 nitrogen and oxygen atoms in total. The first-order valence-electron chi connectivity index (χ1n) is 7.71. The number of halogens is 1. The van der Waals surface area contributed by atoms with Crippen LogP contribution in [0.4, 0.5) is 0 Å². The molecule has 0 saturated heterocycles. The summed E-state index contributed by atoms with van der Waals surface area (Å²) >= 11 is 3.27.